The average molecular weight is 279 g/mol. The Bertz CT molecular complexity index is 551. The van der Waals surface area contributed by atoms with Crippen molar-refractivity contribution >= 4 is 11.6 Å². The average Bonchev–Trinajstić information content (AvgIpc) is 2.85. The number of halogens is 1. The fourth-order valence-electron chi connectivity index (χ4n) is 1.96. The second-order valence-electron chi connectivity index (χ2n) is 4.70. The van der Waals surface area contributed by atoms with Crippen molar-refractivity contribution in [2.45, 2.75) is 33.2 Å². The summed E-state index contributed by atoms with van der Waals surface area (Å²) in [5, 5.41) is 4.09. The van der Waals surface area contributed by atoms with Crippen molar-refractivity contribution in [1.82, 2.24) is 10.3 Å². The molecule has 102 valence electrons. The minimum absolute atomic E-state index is 0.126. The van der Waals surface area contributed by atoms with E-state index in [2.05, 4.69) is 24.1 Å². The molecular formula is C15H19ClN2O. The smallest absolute Gasteiger partial charge is 0.211 e. The topological polar surface area (TPSA) is 38.1 Å². The number of rotatable bonds is 5. The van der Waals surface area contributed by atoms with E-state index < -0.39 is 0 Å². The summed E-state index contributed by atoms with van der Waals surface area (Å²) in [5.41, 5.74) is 2.12. The molecule has 0 amide bonds. The van der Waals surface area contributed by atoms with Gasteiger partial charge < -0.3 is 9.73 Å². The van der Waals surface area contributed by atoms with E-state index in [-0.39, 0.29) is 6.04 Å². The van der Waals surface area contributed by atoms with Crippen molar-refractivity contribution in [1.29, 1.82) is 0 Å². The highest BCUT2D eigenvalue weighted by Gasteiger charge is 2.13. The number of nitrogens with zero attached hydrogens (tertiary/aromatic N) is 1. The molecule has 2 aromatic rings. The monoisotopic (exact) mass is 278 g/mol. The number of hydrogen-bond acceptors (Lipinski definition) is 3. The standard InChI is InChI=1S/C15H19ClN2O/c1-4-7-17-11(3)15-18-9-14(19-15)13-6-5-12(16)8-10(13)2/h5-6,8-9,11,17H,4,7H2,1-3H3. The number of aryl methyl sites for hydroxylation is 1. The molecule has 0 radical (unpaired) electrons. The Kier molecular flexibility index (Phi) is 4.61. The Hall–Kier alpha value is -1.32. The van der Waals surface area contributed by atoms with Crippen LogP contribution in [0, 0.1) is 6.92 Å². The third-order valence-corrected chi connectivity index (χ3v) is 3.28. The zero-order valence-corrected chi connectivity index (χ0v) is 12.3. The van der Waals surface area contributed by atoms with Crippen LogP contribution < -0.4 is 5.32 Å². The van der Waals surface area contributed by atoms with Gasteiger partial charge in [-0.2, -0.15) is 0 Å². The molecule has 1 unspecified atom stereocenters. The van der Waals surface area contributed by atoms with Crippen molar-refractivity contribution in [2.75, 3.05) is 6.54 Å². The molecule has 4 heteroatoms. The summed E-state index contributed by atoms with van der Waals surface area (Å²) in [7, 11) is 0. The molecular weight excluding hydrogens is 260 g/mol. The molecule has 0 aliphatic rings. The quantitative estimate of drug-likeness (QED) is 0.883. The maximum Gasteiger partial charge on any atom is 0.211 e. The summed E-state index contributed by atoms with van der Waals surface area (Å²) < 4.78 is 5.83. The van der Waals surface area contributed by atoms with Crippen LogP contribution in [0.2, 0.25) is 5.02 Å². The number of nitrogens with one attached hydrogen (secondary N) is 1. The van der Waals surface area contributed by atoms with Gasteiger partial charge in [-0.1, -0.05) is 18.5 Å². The van der Waals surface area contributed by atoms with Gasteiger partial charge in [-0.15, -0.1) is 0 Å². The Labute approximate surface area is 119 Å². The van der Waals surface area contributed by atoms with Crippen LogP contribution in [0.25, 0.3) is 11.3 Å². The largest absolute Gasteiger partial charge is 0.439 e. The highest BCUT2D eigenvalue weighted by Crippen LogP contribution is 2.27. The second-order valence-corrected chi connectivity index (χ2v) is 5.13. The van der Waals surface area contributed by atoms with Gasteiger partial charge in [0.25, 0.3) is 0 Å². The van der Waals surface area contributed by atoms with Gasteiger partial charge in [0.1, 0.15) is 0 Å². The first-order chi connectivity index (χ1) is 9.11. The lowest BCUT2D eigenvalue weighted by atomic mass is 10.1. The number of benzene rings is 1. The van der Waals surface area contributed by atoms with Gasteiger partial charge in [-0.3, -0.25) is 0 Å². The Morgan fingerprint density at radius 2 is 2.21 bits per heavy atom. The summed E-state index contributed by atoms with van der Waals surface area (Å²) >= 11 is 5.96. The van der Waals surface area contributed by atoms with Crippen LogP contribution in [-0.4, -0.2) is 11.5 Å². The molecule has 0 spiro atoms. The highest BCUT2D eigenvalue weighted by molar-refractivity contribution is 6.30. The normalized spacial score (nSPS) is 12.6. The van der Waals surface area contributed by atoms with Crippen LogP contribution >= 0.6 is 11.6 Å². The molecule has 1 N–H and O–H groups in total. The van der Waals surface area contributed by atoms with Gasteiger partial charge in [0, 0.05) is 10.6 Å². The van der Waals surface area contributed by atoms with Gasteiger partial charge in [0.15, 0.2) is 5.76 Å². The minimum atomic E-state index is 0.126. The van der Waals surface area contributed by atoms with Crippen LogP contribution in [0.3, 0.4) is 0 Å². The van der Waals surface area contributed by atoms with E-state index in [4.69, 9.17) is 16.0 Å². The summed E-state index contributed by atoms with van der Waals surface area (Å²) in [6.45, 7) is 7.17. The van der Waals surface area contributed by atoms with E-state index in [9.17, 15) is 0 Å². The summed E-state index contributed by atoms with van der Waals surface area (Å²) in [5.74, 6) is 1.51. The SMILES string of the molecule is CCCNC(C)c1ncc(-c2ccc(Cl)cc2C)o1. The van der Waals surface area contributed by atoms with E-state index in [1.165, 1.54) is 0 Å². The predicted octanol–water partition coefficient (Wildman–Crippen LogP) is 4.36. The predicted molar refractivity (Wildman–Crippen MR) is 78.4 cm³/mol. The molecule has 3 nitrogen and oxygen atoms in total. The van der Waals surface area contributed by atoms with E-state index >= 15 is 0 Å². The van der Waals surface area contributed by atoms with Gasteiger partial charge in [-0.25, -0.2) is 4.98 Å². The lowest BCUT2D eigenvalue weighted by molar-refractivity contribution is 0.423. The van der Waals surface area contributed by atoms with Crippen LogP contribution in [0.1, 0.15) is 37.8 Å². The van der Waals surface area contributed by atoms with E-state index in [1.54, 1.807) is 6.20 Å². The summed E-state index contributed by atoms with van der Waals surface area (Å²) in [4.78, 5) is 4.35. The Morgan fingerprint density at radius 3 is 2.89 bits per heavy atom. The zero-order valence-electron chi connectivity index (χ0n) is 11.5. The third-order valence-electron chi connectivity index (χ3n) is 3.05. The number of oxazole rings is 1. The molecule has 1 aromatic heterocycles. The molecule has 19 heavy (non-hydrogen) atoms. The van der Waals surface area contributed by atoms with Crippen molar-refractivity contribution in [3.8, 4) is 11.3 Å². The van der Waals surface area contributed by atoms with Crippen molar-refractivity contribution in [3.05, 3.63) is 40.9 Å². The lowest BCUT2D eigenvalue weighted by Crippen LogP contribution is -2.19. The first-order valence-corrected chi connectivity index (χ1v) is 6.95. The van der Waals surface area contributed by atoms with Crippen LogP contribution in [0.15, 0.2) is 28.8 Å². The van der Waals surface area contributed by atoms with Gasteiger partial charge in [0.05, 0.1) is 12.2 Å². The zero-order chi connectivity index (χ0) is 13.8. The summed E-state index contributed by atoms with van der Waals surface area (Å²) in [6, 6.07) is 5.88. The molecule has 2 rings (SSSR count). The van der Waals surface area contributed by atoms with Crippen molar-refractivity contribution < 1.29 is 4.42 Å². The molecule has 0 saturated heterocycles. The molecule has 0 bridgehead atoms. The third kappa shape index (κ3) is 3.37. The molecule has 1 heterocycles. The molecule has 0 fully saturated rings. The maximum atomic E-state index is 5.96. The molecule has 1 atom stereocenters. The Balaban J connectivity index is 2.20. The van der Waals surface area contributed by atoms with Crippen LogP contribution in [0.4, 0.5) is 0 Å². The van der Waals surface area contributed by atoms with E-state index in [0.717, 1.165) is 40.8 Å². The number of hydrogen-bond donors (Lipinski definition) is 1. The number of aromatic nitrogens is 1. The van der Waals surface area contributed by atoms with Crippen molar-refractivity contribution in [2.24, 2.45) is 0 Å². The first kappa shape index (κ1) is 14.1. The highest BCUT2D eigenvalue weighted by atomic mass is 35.5. The molecule has 0 aliphatic carbocycles. The van der Waals surface area contributed by atoms with E-state index in [1.807, 2.05) is 25.1 Å². The minimum Gasteiger partial charge on any atom is -0.439 e. The van der Waals surface area contributed by atoms with Gasteiger partial charge >= 0.3 is 0 Å². The molecule has 0 saturated carbocycles. The van der Waals surface area contributed by atoms with Crippen molar-refractivity contribution in [3.63, 3.8) is 0 Å². The maximum absolute atomic E-state index is 5.96. The first-order valence-electron chi connectivity index (χ1n) is 6.57. The fraction of sp³-hybridized carbons (Fsp3) is 0.400. The van der Waals surface area contributed by atoms with Gasteiger partial charge in [0.2, 0.25) is 5.89 Å². The lowest BCUT2D eigenvalue weighted by Gasteiger charge is -2.08. The summed E-state index contributed by atoms with van der Waals surface area (Å²) in [6.07, 6.45) is 2.86. The Morgan fingerprint density at radius 1 is 1.42 bits per heavy atom. The van der Waals surface area contributed by atoms with Crippen LogP contribution in [0.5, 0.6) is 0 Å². The van der Waals surface area contributed by atoms with Crippen LogP contribution in [-0.2, 0) is 0 Å². The fourth-order valence-corrected chi connectivity index (χ4v) is 2.19. The van der Waals surface area contributed by atoms with Gasteiger partial charge in [-0.05, 0) is 50.6 Å². The molecule has 1 aromatic carbocycles. The second kappa shape index (κ2) is 6.22. The van der Waals surface area contributed by atoms with E-state index in [0.29, 0.717) is 0 Å². The molecule has 0 aliphatic heterocycles.